The zero-order valence-electron chi connectivity index (χ0n) is 12.1. The number of phenolic OH excluding ortho intramolecular Hbond substituents is 2. The SMILES string of the molecule is C[C@H]1CCC(=O)CCCCc2cc(O)cc(O)c2C(=O)O1. The van der Waals surface area contributed by atoms with Gasteiger partial charge in [0, 0.05) is 18.9 Å². The predicted octanol–water partition coefficient (Wildman–Crippen LogP) is 2.72. The van der Waals surface area contributed by atoms with E-state index in [0.717, 1.165) is 12.5 Å². The minimum absolute atomic E-state index is 0.0877. The summed E-state index contributed by atoms with van der Waals surface area (Å²) in [6.45, 7) is 1.73. The second kappa shape index (κ2) is 6.61. The summed E-state index contributed by atoms with van der Waals surface area (Å²) in [5, 5.41) is 19.5. The molecule has 114 valence electrons. The summed E-state index contributed by atoms with van der Waals surface area (Å²) >= 11 is 0. The fraction of sp³-hybridized carbons (Fsp3) is 0.500. The molecule has 0 saturated carbocycles. The van der Waals surface area contributed by atoms with Crippen molar-refractivity contribution in [1.82, 2.24) is 0 Å². The molecule has 0 saturated heterocycles. The van der Waals surface area contributed by atoms with Crippen LogP contribution in [0.25, 0.3) is 0 Å². The van der Waals surface area contributed by atoms with Crippen molar-refractivity contribution < 1.29 is 24.5 Å². The van der Waals surface area contributed by atoms with E-state index in [0.29, 0.717) is 37.7 Å². The standard InChI is InChI=1S/C16H20O5/c1-10-6-7-12(17)5-3-2-4-11-8-13(18)9-14(19)15(11)16(20)21-10/h8-10,18-19H,2-7H2,1H3/t10-/m0/s1. The van der Waals surface area contributed by atoms with E-state index in [1.165, 1.54) is 6.07 Å². The molecule has 1 aliphatic heterocycles. The lowest BCUT2D eigenvalue weighted by Crippen LogP contribution is -2.18. The van der Waals surface area contributed by atoms with Gasteiger partial charge in [-0.25, -0.2) is 4.79 Å². The van der Waals surface area contributed by atoms with Crippen molar-refractivity contribution in [2.75, 3.05) is 0 Å². The summed E-state index contributed by atoms with van der Waals surface area (Å²) in [5.74, 6) is -0.786. The summed E-state index contributed by atoms with van der Waals surface area (Å²) < 4.78 is 5.29. The molecule has 2 N–H and O–H groups in total. The van der Waals surface area contributed by atoms with Crippen molar-refractivity contribution in [3.8, 4) is 11.5 Å². The number of rotatable bonds is 0. The predicted molar refractivity (Wildman–Crippen MR) is 76.4 cm³/mol. The zero-order valence-corrected chi connectivity index (χ0v) is 12.1. The highest BCUT2D eigenvalue weighted by Gasteiger charge is 2.22. The number of Topliss-reactive ketones (excluding diaryl/α,β-unsaturated/α-hetero) is 1. The Labute approximate surface area is 123 Å². The van der Waals surface area contributed by atoms with Crippen LogP contribution in [0.15, 0.2) is 12.1 Å². The Morgan fingerprint density at radius 3 is 2.57 bits per heavy atom. The smallest absolute Gasteiger partial charge is 0.342 e. The highest BCUT2D eigenvalue weighted by Crippen LogP contribution is 2.30. The maximum absolute atomic E-state index is 12.2. The van der Waals surface area contributed by atoms with E-state index in [2.05, 4.69) is 0 Å². The van der Waals surface area contributed by atoms with Gasteiger partial charge in [-0.2, -0.15) is 0 Å². The number of fused-ring (bicyclic) bond motifs is 1. The quantitative estimate of drug-likeness (QED) is 0.718. The molecule has 0 spiro atoms. The first-order chi connectivity index (χ1) is 9.97. The lowest BCUT2D eigenvalue weighted by Gasteiger charge is -2.17. The molecule has 5 heteroatoms. The van der Waals surface area contributed by atoms with Crippen molar-refractivity contribution in [3.63, 3.8) is 0 Å². The minimum Gasteiger partial charge on any atom is -0.508 e. The molecule has 0 bridgehead atoms. The zero-order chi connectivity index (χ0) is 15.4. The fourth-order valence-corrected chi connectivity index (χ4v) is 2.53. The number of cyclic esters (lactones) is 1. The molecular formula is C16H20O5. The van der Waals surface area contributed by atoms with Gasteiger partial charge in [-0.05, 0) is 44.2 Å². The highest BCUT2D eigenvalue weighted by molar-refractivity contribution is 5.94. The number of ketones is 1. The van der Waals surface area contributed by atoms with Gasteiger partial charge in [-0.15, -0.1) is 0 Å². The van der Waals surface area contributed by atoms with Gasteiger partial charge in [0.2, 0.25) is 0 Å². The third kappa shape index (κ3) is 3.97. The molecule has 0 fully saturated rings. The van der Waals surface area contributed by atoms with Crippen LogP contribution in [-0.2, 0) is 16.0 Å². The molecular weight excluding hydrogens is 272 g/mol. The van der Waals surface area contributed by atoms with Crippen LogP contribution in [0.2, 0.25) is 0 Å². The number of aromatic hydroxyl groups is 2. The summed E-state index contributed by atoms with van der Waals surface area (Å²) in [5.41, 5.74) is 0.671. The molecule has 2 rings (SSSR count). The Balaban J connectivity index is 2.32. The van der Waals surface area contributed by atoms with Gasteiger partial charge in [-0.1, -0.05) is 0 Å². The molecule has 1 aromatic rings. The van der Waals surface area contributed by atoms with Crippen LogP contribution in [0, 0.1) is 0 Å². The van der Waals surface area contributed by atoms with E-state index in [1.807, 2.05) is 0 Å². The van der Waals surface area contributed by atoms with E-state index < -0.39 is 5.97 Å². The lowest BCUT2D eigenvalue weighted by atomic mass is 9.98. The number of benzene rings is 1. The molecule has 0 aromatic heterocycles. The largest absolute Gasteiger partial charge is 0.508 e. The first kappa shape index (κ1) is 15.4. The van der Waals surface area contributed by atoms with Crippen molar-refractivity contribution >= 4 is 11.8 Å². The van der Waals surface area contributed by atoms with Crippen LogP contribution in [-0.4, -0.2) is 28.1 Å². The maximum atomic E-state index is 12.2. The summed E-state index contributed by atoms with van der Waals surface area (Å²) in [6, 6.07) is 2.61. The Kier molecular flexibility index (Phi) is 4.83. The third-order valence-electron chi connectivity index (χ3n) is 3.68. The Morgan fingerprint density at radius 2 is 1.81 bits per heavy atom. The molecule has 1 aromatic carbocycles. The molecule has 1 heterocycles. The molecule has 0 radical (unpaired) electrons. The number of aryl methyl sites for hydroxylation is 1. The summed E-state index contributed by atoms with van der Waals surface area (Å²) in [7, 11) is 0. The molecule has 5 nitrogen and oxygen atoms in total. The van der Waals surface area contributed by atoms with Crippen molar-refractivity contribution in [1.29, 1.82) is 0 Å². The van der Waals surface area contributed by atoms with Gasteiger partial charge in [0.15, 0.2) is 0 Å². The number of carbonyl (C=O) groups is 2. The van der Waals surface area contributed by atoms with Gasteiger partial charge >= 0.3 is 5.97 Å². The number of esters is 1. The summed E-state index contributed by atoms with van der Waals surface area (Å²) in [4.78, 5) is 23.9. The minimum atomic E-state index is -0.608. The number of hydrogen-bond donors (Lipinski definition) is 2. The van der Waals surface area contributed by atoms with Crippen molar-refractivity contribution in [2.45, 2.75) is 51.6 Å². The molecule has 0 aliphatic carbocycles. The summed E-state index contributed by atoms with van der Waals surface area (Å²) in [6.07, 6.45) is 2.97. The van der Waals surface area contributed by atoms with Gasteiger partial charge in [0.05, 0.1) is 6.10 Å². The molecule has 0 unspecified atom stereocenters. The van der Waals surface area contributed by atoms with E-state index in [4.69, 9.17) is 4.74 Å². The van der Waals surface area contributed by atoms with E-state index in [-0.39, 0.29) is 28.9 Å². The van der Waals surface area contributed by atoms with E-state index >= 15 is 0 Å². The molecule has 21 heavy (non-hydrogen) atoms. The Hall–Kier alpha value is -2.04. The van der Waals surface area contributed by atoms with Crippen molar-refractivity contribution in [3.05, 3.63) is 23.3 Å². The second-order valence-corrected chi connectivity index (χ2v) is 5.50. The van der Waals surface area contributed by atoms with Gasteiger partial charge in [0.1, 0.15) is 22.8 Å². The number of ether oxygens (including phenoxy) is 1. The van der Waals surface area contributed by atoms with E-state index in [9.17, 15) is 19.8 Å². The van der Waals surface area contributed by atoms with Crippen LogP contribution in [0.4, 0.5) is 0 Å². The highest BCUT2D eigenvalue weighted by atomic mass is 16.5. The molecule has 1 aliphatic rings. The average molecular weight is 292 g/mol. The first-order valence-electron chi connectivity index (χ1n) is 7.25. The number of hydrogen-bond acceptors (Lipinski definition) is 5. The van der Waals surface area contributed by atoms with Crippen LogP contribution in [0.3, 0.4) is 0 Å². The van der Waals surface area contributed by atoms with Gasteiger partial charge in [0.25, 0.3) is 0 Å². The average Bonchev–Trinajstić information content (AvgIpc) is 2.39. The number of phenols is 2. The van der Waals surface area contributed by atoms with Crippen LogP contribution < -0.4 is 0 Å². The lowest BCUT2D eigenvalue weighted by molar-refractivity contribution is -0.119. The number of carbonyl (C=O) groups excluding carboxylic acids is 2. The topological polar surface area (TPSA) is 83.8 Å². The monoisotopic (exact) mass is 292 g/mol. The fourth-order valence-electron chi connectivity index (χ4n) is 2.53. The van der Waals surface area contributed by atoms with Crippen molar-refractivity contribution in [2.24, 2.45) is 0 Å². The Morgan fingerprint density at radius 1 is 1.10 bits per heavy atom. The molecule has 0 amide bonds. The molecule has 1 atom stereocenters. The maximum Gasteiger partial charge on any atom is 0.342 e. The van der Waals surface area contributed by atoms with Gasteiger partial charge < -0.3 is 14.9 Å². The van der Waals surface area contributed by atoms with Crippen LogP contribution >= 0.6 is 0 Å². The second-order valence-electron chi connectivity index (χ2n) is 5.50. The normalized spacial score (nSPS) is 20.9. The Bertz CT molecular complexity index is 550. The third-order valence-corrected chi connectivity index (χ3v) is 3.68. The van der Waals surface area contributed by atoms with Crippen LogP contribution in [0.1, 0.15) is 54.9 Å². The first-order valence-corrected chi connectivity index (χ1v) is 7.25. The van der Waals surface area contributed by atoms with Gasteiger partial charge in [-0.3, -0.25) is 4.79 Å². The van der Waals surface area contributed by atoms with Crippen LogP contribution in [0.5, 0.6) is 11.5 Å². The van der Waals surface area contributed by atoms with E-state index in [1.54, 1.807) is 6.92 Å².